The van der Waals surface area contributed by atoms with Crippen molar-refractivity contribution >= 4 is 23.4 Å². The second kappa shape index (κ2) is 10.7. The van der Waals surface area contributed by atoms with Gasteiger partial charge in [0.2, 0.25) is 0 Å². The third-order valence-electron chi connectivity index (χ3n) is 5.77. The van der Waals surface area contributed by atoms with Crippen molar-refractivity contribution in [2.45, 2.75) is 19.3 Å². The molecule has 0 N–H and O–H groups in total. The van der Waals surface area contributed by atoms with Crippen molar-refractivity contribution in [1.82, 2.24) is 0 Å². The minimum absolute atomic E-state index is 0.108. The molecular formula is C27H27NO5. The zero-order chi connectivity index (χ0) is 23.0. The Hall–Kier alpha value is -3.80. The van der Waals surface area contributed by atoms with E-state index in [1.54, 1.807) is 4.90 Å². The van der Waals surface area contributed by atoms with E-state index in [0.29, 0.717) is 12.4 Å². The summed E-state index contributed by atoms with van der Waals surface area (Å²) >= 11 is 0. The first-order valence-corrected chi connectivity index (χ1v) is 11.0. The van der Waals surface area contributed by atoms with Gasteiger partial charge in [0.15, 0.2) is 6.61 Å². The number of carbonyl (C=O) groups is 2. The molecule has 33 heavy (non-hydrogen) atoms. The molecule has 1 unspecified atom stereocenters. The summed E-state index contributed by atoms with van der Waals surface area (Å²) in [6.07, 6.45) is 2.06. The first-order valence-electron chi connectivity index (χ1n) is 11.0. The lowest BCUT2D eigenvalue weighted by atomic mass is 9.84. The lowest BCUT2D eigenvalue weighted by Crippen LogP contribution is -2.30. The summed E-state index contributed by atoms with van der Waals surface area (Å²) < 4.78 is 16.1. The van der Waals surface area contributed by atoms with Crippen LogP contribution >= 0.6 is 0 Å². The van der Waals surface area contributed by atoms with E-state index in [1.807, 2.05) is 72.8 Å². The highest BCUT2D eigenvalue weighted by Gasteiger charge is 2.25. The number of amides is 1. The predicted molar refractivity (Wildman–Crippen MR) is 126 cm³/mol. The van der Waals surface area contributed by atoms with Gasteiger partial charge in [0.05, 0.1) is 25.1 Å². The second-order valence-electron chi connectivity index (χ2n) is 7.95. The molecule has 0 saturated carbocycles. The highest BCUT2D eigenvalue weighted by atomic mass is 16.6. The highest BCUT2D eigenvalue weighted by Crippen LogP contribution is 2.33. The molecule has 3 aromatic rings. The van der Waals surface area contributed by atoms with Crippen LogP contribution in [0, 0.1) is 5.92 Å². The number of fused-ring (bicyclic) bond motifs is 1. The summed E-state index contributed by atoms with van der Waals surface area (Å²) in [7, 11) is 1.34. The zero-order valence-corrected chi connectivity index (χ0v) is 18.6. The number of hydrogen-bond donors (Lipinski definition) is 0. The van der Waals surface area contributed by atoms with E-state index in [1.165, 1.54) is 7.11 Å². The van der Waals surface area contributed by atoms with Gasteiger partial charge < -0.3 is 14.2 Å². The molecule has 0 saturated heterocycles. The topological polar surface area (TPSA) is 65.1 Å². The molecule has 0 fully saturated rings. The third-order valence-corrected chi connectivity index (χ3v) is 5.77. The van der Waals surface area contributed by atoms with Crippen LogP contribution in [-0.4, -0.2) is 32.4 Å². The fourth-order valence-corrected chi connectivity index (χ4v) is 4.09. The summed E-state index contributed by atoms with van der Waals surface area (Å²) in [4.78, 5) is 26.1. The predicted octanol–water partition coefficient (Wildman–Crippen LogP) is 5.32. The van der Waals surface area contributed by atoms with Crippen molar-refractivity contribution in [3.05, 3.63) is 90.0 Å². The molecule has 3 aromatic carbocycles. The maximum atomic E-state index is 13.1. The second-order valence-corrected chi connectivity index (χ2v) is 7.95. The maximum absolute atomic E-state index is 13.1. The van der Waals surface area contributed by atoms with Crippen molar-refractivity contribution in [2.24, 2.45) is 5.92 Å². The van der Waals surface area contributed by atoms with Gasteiger partial charge in [-0.15, -0.1) is 0 Å². The van der Waals surface area contributed by atoms with Crippen LogP contribution < -0.4 is 9.64 Å². The Morgan fingerprint density at radius 2 is 1.58 bits per heavy atom. The van der Waals surface area contributed by atoms with Gasteiger partial charge in [-0.25, -0.2) is 14.5 Å². The van der Waals surface area contributed by atoms with Crippen molar-refractivity contribution in [2.75, 3.05) is 25.2 Å². The summed E-state index contributed by atoms with van der Waals surface area (Å²) in [6.45, 7) is 0.227. The summed E-state index contributed by atoms with van der Waals surface area (Å²) in [5, 5.41) is 0. The minimum Gasteiger partial charge on any atom is -0.482 e. The Labute approximate surface area is 193 Å². The molecule has 0 aromatic heterocycles. The van der Waals surface area contributed by atoms with Crippen molar-refractivity contribution in [3.63, 3.8) is 0 Å². The lowest BCUT2D eigenvalue weighted by molar-refractivity contribution is -0.142. The minimum atomic E-state index is -0.408. The molecule has 1 aliphatic carbocycles. The maximum Gasteiger partial charge on any atom is 0.418 e. The number of methoxy groups -OCH3 is 1. The van der Waals surface area contributed by atoms with Crippen LogP contribution in [0.5, 0.6) is 5.75 Å². The highest BCUT2D eigenvalue weighted by molar-refractivity contribution is 5.95. The van der Waals surface area contributed by atoms with Gasteiger partial charge in [-0.05, 0) is 66.6 Å². The zero-order valence-electron chi connectivity index (χ0n) is 18.6. The summed E-state index contributed by atoms with van der Waals surface area (Å²) in [6, 6.07) is 24.9. The molecule has 4 rings (SSSR count). The molecule has 1 amide bonds. The van der Waals surface area contributed by atoms with E-state index in [2.05, 4.69) is 10.8 Å². The molecule has 170 valence electrons. The van der Waals surface area contributed by atoms with E-state index in [-0.39, 0.29) is 12.5 Å². The van der Waals surface area contributed by atoms with Gasteiger partial charge in [0, 0.05) is 0 Å². The van der Waals surface area contributed by atoms with E-state index < -0.39 is 12.1 Å². The Morgan fingerprint density at radius 3 is 2.21 bits per heavy atom. The lowest BCUT2D eigenvalue weighted by Gasteiger charge is -2.27. The van der Waals surface area contributed by atoms with Crippen molar-refractivity contribution in [1.29, 1.82) is 0 Å². The van der Waals surface area contributed by atoms with E-state index in [9.17, 15) is 9.59 Å². The molecule has 0 heterocycles. The number of anilines is 2. The van der Waals surface area contributed by atoms with Gasteiger partial charge in [0.25, 0.3) is 0 Å². The fraction of sp³-hybridized carbons (Fsp3) is 0.259. The van der Waals surface area contributed by atoms with E-state index >= 15 is 0 Å². The Kier molecular flexibility index (Phi) is 7.25. The molecule has 0 aliphatic heterocycles. The quantitative estimate of drug-likeness (QED) is 0.461. The number of carbonyl (C=O) groups excluding carboxylic acids is 2. The van der Waals surface area contributed by atoms with E-state index in [4.69, 9.17) is 9.47 Å². The molecule has 1 aliphatic rings. The smallest absolute Gasteiger partial charge is 0.418 e. The van der Waals surface area contributed by atoms with Crippen LogP contribution in [0.15, 0.2) is 78.9 Å². The molecule has 0 spiro atoms. The monoisotopic (exact) mass is 445 g/mol. The Morgan fingerprint density at radius 1 is 0.909 bits per heavy atom. The number of para-hydroxylation sites is 2. The number of nitrogens with zero attached hydrogens (tertiary/aromatic N) is 1. The number of rotatable bonds is 7. The Bertz CT molecular complexity index is 1040. The number of esters is 1. The van der Waals surface area contributed by atoms with Gasteiger partial charge in [-0.3, -0.25) is 0 Å². The van der Waals surface area contributed by atoms with Crippen LogP contribution in [0.1, 0.15) is 17.5 Å². The third kappa shape index (κ3) is 5.52. The van der Waals surface area contributed by atoms with Gasteiger partial charge in [0.1, 0.15) is 5.75 Å². The van der Waals surface area contributed by atoms with E-state index in [0.717, 1.165) is 41.8 Å². The van der Waals surface area contributed by atoms with Crippen molar-refractivity contribution in [3.8, 4) is 5.75 Å². The normalized spacial score (nSPS) is 14.6. The average Bonchev–Trinajstić information content (AvgIpc) is 2.87. The van der Waals surface area contributed by atoms with Crippen LogP contribution in [0.2, 0.25) is 0 Å². The Balaban J connectivity index is 1.41. The fourth-order valence-electron chi connectivity index (χ4n) is 4.09. The first-order chi connectivity index (χ1) is 16.2. The van der Waals surface area contributed by atoms with Gasteiger partial charge in [-0.2, -0.15) is 0 Å². The van der Waals surface area contributed by atoms with Gasteiger partial charge >= 0.3 is 12.1 Å². The number of benzene rings is 3. The summed E-state index contributed by atoms with van der Waals surface area (Å²) in [5.41, 5.74) is 3.79. The average molecular weight is 446 g/mol. The number of hydrogen-bond acceptors (Lipinski definition) is 5. The van der Waals surface area contributed by atoms with Gasteiger partial charge in [-0.1, -0.05) is 48.5 Å². The molecule has 1 atom stereocenters. The first kappa shape index (κ1) is 22.4. The molecular weight excluding hydrogens is 418 g/mol. The molecule has 0 bridgehead atoms. The SMILES string of the molecule is COC(=O)COc1cccc2c1CCC(COC(=O)N(c1ccccc1)c1ccccc1)C2. The standard InChI is InChI=1S/C27H27NO5/c1-31-26(29)19-32-25-14-8-9-21-17-20(15-16-24(21)25)18-33-27(30)28(22-10-4-2-5-11-22)23-12-6-3-7-13-23/h2-14,20H,15-19H2,1H3. The molecule has 0 radical (unpaired) electrons. The van der Waals surface area contributed by atoms with Crippen LogP contribution in [-0.2, 0) is 27.1 Å². The van der Waals surface area contributed by atoms with Crippen LogP contribution in [0.4, 0.5) is 16.2 Å². The van der Waals surface area contributed by atoms with Crippen molar-refractivity contribution < 1.29 is 23.8 Å². The molecule has 6 heteroatoms. The van der Waals surface area contributed by atoms with Crippen LogP contribution in [0.25, 0.3) is 0 Å². The largest absolute Gasteiger partial charge is 0.482 e. The molecule has 6 nitrogen and oxygen atoms in total. The van der Waals surface area contributed by atoms with Crippen LogP contribution in [0.3, 0.4) is 0 Å². The summed E-state index contributed by atoms with van der Waals surface area (Å²) in [5.74, 6) is 0.521. The number of ether oxygens (including phenoxy) is 3.